The van der Waals surface area contributed by atoms with Gasteiger partial charge in [0.05, 0.1) is 13.1 Å². The molecular weight excluding hydrogens is 358 g/mol. The molecule has 2 aliphatic rings. The summed E-state index contributed by atoms with van der Waals surface area (Å²) in [6.07, 6.45) is 2.19. The highest BCUT2D eigenvalue weighted by atomic mass is 16.2. The van der Waals surface area contributed by atoms with Crippen LogP contribution in [0.5, 0.6) is 0 Å². The van der Waals surface area contributed by atoms with Crippen LogP contribution in [0.3, 0.4) is 0 Å². The number of ketones is 1. The van der Waals surface area contributed by atoms with Crippen LogP contribution in [-0.4, -0.2) is 44.5 Å². The topological polar surface area (TPSA) is 79.7 Å². The molecule has 0 atom stereocenters. The smallest absolute Gasteiger partial charge is 0.334 e. The van der Waals surface area contributed by atoms with E-state index in [-0.39, 0.29) is 12.3 Å². The van der Waals surface area contributed by atoms with Crippen LogP contribution < -0.4 is 0 Å². The Balaban J connectivity index is 1.52. The number of aromatic nitrogens is 1. The molecule has 1 saturated carbocycles. The normalized spacial score (nSPS) is 17.0. The molecule has 1 aliphatic carbocycles. The Morgan fingerprint density at radius 2 is 1.64 bits per heavy atom. The summed E-state index contributed by atoms with van der Waals surface area (Å²) >= 11 is 0. The van der Waals surface area contributed by atoms with Crippen molar-refractivity contribution >= 4 is 23.6 Å². The molecule has 1 aromatic carbocycles. The molecular formula is C21H21N3O4. The van der Waals surface area contributed by atoms with E-state index in [9.17, 15) is 19.2 Å². The lowest BCUT2D eigenvalue weighted by Gasteiger charge is -2.15. The molecule has 1 saturated heterocycles. The summed E-state index contributed by atoms with van der Waals surface area (Å²) in [5.74, 6) is -2.19. The number of nitrogens with zero attached hydrogens (tertiary/aromatic N) is 3. The van der Waals surface area contributed by atoms with Crippen molar-refractivity contribution in [3.63, 3.8) is 0 Å². The van der Waals surface area contributed by atoms with Gasteiger partial charge in [-0.2, -0.15) is 0 Å². The highest BCUT2D eigenvalue weighted by Gasteiger charge is 2.45. The van der Waals surface area contributed by atoms with Crippen molar-refractivity contribution < 1.29 is 19.2 Å². The van der Waals surface area contributed by atoms with E-state index in [4.69, 9.17) is 0 Å². The summed E-state index contributed by atoms with van der Waals surface area (Å²) in [6.45, 7) is 3.40. The van der Waals surface area contributed by atoms with Crippen molar-refractivity contribution in [2.75, 3.05) is 6.54 Å². The number of rotatable bonds is 6. The average molecular weight is 379 g/mol. The number of urea groups is 1. The molecule has 2 heterocycles. The molecule has 0 spiro atoms. The van der Waals surface area contributed by atoms with Gasteiger partial charge in [0.2, 0.25) is 0 Å². The first-order valence-electron chi connectivity index (χ1n) is 9.31. The first-order chi connectivity index (χ1) is 13.4. The van der Waals surface area contributed by atoms with Gasteiger partial charge in [0.25, 0.3) is 0 Å². The number of carbonyl (C=O) groups excluding carboxylic acids is 4. The van der Waals surface area contributed by atoms with E-state index in [0.29, 0.717) is 11.6 Å². The maximum atomic E-state index is 12.8. The molecule has 4 amide bonds. The summed E-state index contributed by atoms with van der Waals surface area (Å²) in [6, 6.07) is 10.4. The van der Waals surface area contributed by atoms with E-state index in [1.807, 2.05) is 19.9 Å². The number of benzene rings is 1. The lowest BCUT2D eigenvalue weighted by atomic mass is 10.1. The fraction of sp³-hybridized carbons (Fsp3) is 0.333. The van der Waals surface area contributed by atoms with Crippen LogP contribution in [0.25, 0.3) is 0 Å². The Hall–Kier alpha value is -3.22. The Morgan fingerprint density at radius 1 is 1.00 bits per heavy atom. The lowest BCUT2D eigenvalue weighted by Crippen LogP contribution is -2.37. The first kappa shape index (κ1) is 18.2. The zero-order chi connectivity index (χ0) is 20.0. The second-order valence-electron chi connectivity index (χ2n) is 7.36. The van der Waals surface area contributed by atoms with E-state index in [2.05, 4.69) is 4.57 Å². The van der Waals surface area contributed by atoms with Crippen LogP contribution in [0.15, 0.2) is 36.4 Å². The number of Topliss-reactive ketones (excluding diaryl/α,β-unsaturated/α-hetero) is 1. The van der Waals surface area contributed by atoms with E-state index in [0.717, 1.165) is 39.6 Å². The third-order valence-corrected chi connectivity index (χ3v) is 5.32. The molecule has 0 N–H and O–H groups in total. The van der Waals surface area contributed by atoms with Crippen molar-refractivity contribution in [2.45, 2.75) is 39.3 Å². The van der Waals surface area contributed by atoms with Gasteiger partial charge in [0, 0.05) is 23.0 Å². The minimum Gasteiger partial charge on any atom is -0.345 e. The predicted molar refractivity (Wildman–Crippen MR) is 101 cm³/mol. The fourth-order valence-electron chi connectivity index (χ4n) is 3.78. The van der Waals surface area contributed by atoms with Crippen LogP contribution in [-0.2, 0) is 16.1 Å². The molecule has 28 heavy (non-hydrogen) atoms. The zero-order valence-electron chi connectivity index (χ0n) is 15.8. The van der Waals surface area contributed by atoms with Gasteiger partial charge in [-0.05, 0) is 38.3 Å². The molecule has 0 unspecified atom stereocenters. The Bertz CT molecular complexity index is 989. The Kier molecular flexibility index (Phi) is 4.37. The average Bonchev–Trinajstić information content (AvgIpc) is 3.44. The van der Waals surface area contributed by atoms with Gasteiger partial charge in [0.15, 0.2) is 5.78 Å². The number of amides is 4. The molecule has 0 bridgehead atoms. The monoisotopic (exact) mass is 379 g/mol. The minimum absolute atomic E-state index is 0.00509. The summed E-state index contributed by atoms with van der Waals surface area (Å²) in [5.41, 5.74) is 3.07. The Morgan fingerprint density at radius 3 is 2.29 bits per heavy atom. The van der Waals surface area contributed by atoms with Gasteiger partial charge in [-0.25, -0.2) is 9.69 Å². The minimum atomic E-state index is -0.953. The molecule has 2 fully saturated rings. The second kappa shape index (κ2) is 6.74. The zero-order valence-corrected chi connectivity index (χ0v) is 15.8. The molecule has 0 radical (unpaired) electrons. The van der Waals surface area contributed by atoms with Crippen molar-refractivity contribution in [1.82, 2.24) is 14.4 Å². The van der Waals surface area contributed by atoms with Gasteiger partial charge >= 0.3 is 17.8 Å². The molecule has 2 aromatic rings. The van der Waals surface area contributed by atoms with Crippen molar-refractivity contribution in [1.29, 1.82) is 0 Å². The highest BCUT2D eigenvalue weighted by Crippen LogP contribution is 2.38. The SMILES string of the molecule is Cc1cc(C(=O)CN2C(=O)C(=O)N(Cc3ccccc3)C2=O)c(C)n1C1CC1. The van der Waals surface area contributed by atoms with E-state index >= 15 is 0 Å². The van der Waals surface area contributed by atoms with Crippen LogP contribution in [0.2, 0.25) is 0 Å². The van der Waals surface area contributed by atoms with Gasteiger partial charge in [-0.1, -0.05) is 30.3 Å². The van der Waals surface area contributed by atoms with Gasteiger partial charge < -0.3 is 4.57 Å². The predicted octanol–water partition coefficient (Wildman–Crippen LogP) is 2.61. The van der Waals surface area contributed by atoms with E-state index in [1.54, 1.807) is 30.3 Å². The summed E-state index contributed by atoms with van der Waals surface area (Å²) in [5, 5.41) is 0. The van der Waals surface area contributed by atoms with Crippen LogP contribution in [0.4, 0.5) is 4.79 Å². The fourth-order valence-corrected chi connectivity index (χ4v) is 3.78. The Labute approximate surface area is 162 Å². The molecule has 7 nitrogen and oxygen atoms in total. The number of imide groups is 2. The number of hydrogen-bond acceptors (Lipinski definition) is 4. The lowest BCUT2D eigenvalue weighted by molar-refractivity contribution is -0.143. The summed E-state index contributed by atoms with van der Waals surface area (Å²) in [4.78, 5) is 51.6. The van der Waals surface area contributed by atoms with Crippen LogP contribution in [0, 0.1) is 13.8 Å². The van der Waals surface area contributed by atoms with Gasteiger partial charge in [0.1, 0.15) is 0 Å². The number of aryl methyl sites for hydroxylation is 1. The van der Waals surface area contributed by atoms with Crippen LogP contribution >= 0.6 is 0 Å². The largest absolute Gasteiger partial charge is 0.345 e. The first-order valence-corrected chi connectivity index (χ1v) is 9.31. The van der Waals surface area contributed by atoms with Crippen molar-refractivity contribution in [3.8, 4) is 0 Å². The summed E-state index contributed by atoms with van der Waals surface area (Å²) < 4.78 is 2.13. The highest BCUT2D eigenvalue weighted by molar-refractivity contribution is 6.45. The van der Waals surface area contributed by atoms with Gasteiger partial charge in [-0.3, -0.25) is 19.3 Å². The third kappa shape index (κ3) is 3.02. The van der Waals surface area contributed by atoms with Gasteiger partial charge in [-0.15, -0.1) is 0 Å². The van der Waals surface area contributed by atoms with Crippen molar-refractivity contribution in [2.24, 2.45) is 0 Å². The molecule has 4 rings (SSSR count). The van der Waals surface area contributed by atoms with E-state index in [1.165, 1.54) is 0 Å². The maximum absolute atomic E-state index is 12.8. The standard InChI is InChI=1S/C21H21N3O4/c1-13-10-17(14(2)24(13)16-8-9-16)18(25)12-23-20(27)19(26)22(21(23)28)11-15-6-4-3-5-7-15/h3-7,10,16H,8-9,11-12H2,1-2H3. The molecule has 7 heteroatoms. The summed E-state index contributed by atoms with van der Waals surface area (Å²) in [7, 11) is 0. The quantitative estimate of drug-likeness (QED) is 0.439. The molecule has 1 aromatic heterocycles. The number of hydrogen-bond donors (Lipinski definition) is 0. The molecule has 144 valence electrons. The maximum Gasteiger partial charge on any atom is 0.334 e. The number of carbonyl (C=O) groups is 4. The third-order valence-electron chi connectivity index (χ3n) is 5.32. The molecule has 1 aliphatic heterocycles. The second-order valence-corrected chi connectivity index (χ2v) is 7.36. The van der Waals surface area contributed by atoms with Crippen LogP contribution in [0.1, 0.15) is 46.2 Å². The van der Waals surface area contributed by atoms with E-state index < -0.39 is 24.4 Å². The van der Waals surface area contributed by atoms with Crippen molar-refractivity contribution in [3.05, 3.63) is 58.9 Å².